The Morgan fingerprint density at radius 1 is 0.964 bits per heavy atom. The van der Waals surface area contributed by atoms with Crippen molar-refractivity contribution in [1.29, 1.82) is 0 Å². The predicted octanol–water partition coefficient (Wildman–Crippen LogP) is 3.14. The topological polar surface area (TPSA) is 133 Å². The molecule has 8 heteroatoms. The van der Waals surface area contributed by atoms with E-state index in [1.165, 1.54) is 18.2 Å². The van der Waals surface area contributed by atoms with Crippen LogP contribution in [0.3, 0.4) is 0 Å². The van der Waals surface area contributed by atoms with Gasteiger partial charge in [0.2, 0.25) is 0 Å². The van der Waals surface area contributed by atoms with Crippen LogP contribution in [0, 0.1) is 12.7 Å². The number of benzene rings is 2. The summed E-state index contributed by atoms with van der Waals surface area (Å²) >= 11 is 0. The van der Waals surface area contributed by atoms with Gasteiger partial charge >= 0.3 is 11.9 Å². The Balaban J connectivity index is 2.33. The first kappa shape index (κ1) is 18.8. The highest BCUT2D eigenvalue weighted by molar-refractivity contribution is 6.07. The Labute approximate surface area is 157 Å². The normalized spacial score (nSPS) is 10.6. The Hall–Kier alpha value is -3.94. The number of nitrogens with two attached hydrogens (primary N) is 1. The number of hydrogen-bond acceptors (Lipinski definition) is 4. The second kappa shape index (κ2) is 6.99. The number of nitrogen functional groups attached to an aromatic ring is 1. The van der Waals surface area contributed by atoms with E-state index in [1.54, 1.807) is 31.2 Å². The molecule has 0 atom stereocenters. The quantitative estimate of drug-likeness (QED) is 0.548. The summed E-state index contributed by atoms with van der Waals surface area (Å²) in [5.74, 6) is -3.95. The molecule has 2 aromatic carbocycles. The van der Waals surface area contributed by atoms with Crippen molar-refractivity contribution in [2.45, 2.75) is 6.92 Å². The van der Waals surface area contributed by atoms with Crippen molar-refractivity contribution in [2.75, 3.05) is 5.73 Å². The Bertz CT molecular complexity index is 1180. The van der Waals surface area contributed by atoms with Gasteiger partial charge in [-0.3, -0.25) is 4.79 Å². The lowest BCUT2D eigenvalue weighted by molar-refractivity contribution is 0.0695. The molecule has 0 saturated carbocycles. The lowest BCUT2D eigenvalue weighted by Gasteiger charge is -2.13. The number of aromatic amines is 1. The molecule has 0 radical (unpaired) electrons. The molecule has 0 amide bonds. The summed E-state index contributed by atoms with van der Waals surface area (Å²) in [5.41, 5.74) is 4.70. The van der Waals surface area contributed by atoms with E-state index < -0.39 is 40.3 Å². The summed E-state index contributed by atoms with van der Waals surface area (Å²) < 4.78 is 13.9. The van der Waals surface area contributed by atoms with Gasteiger partial charge in [0.15, 0.2) is 0 Å². The molecule has 0 aliphatic heterocycles. The maximum atomic E-state index is 13.9. The van der Waals surface area contributed by atoms with Crippen LogP contribution in [0.25, 0.3) is 22.3 Å². The fourth-order valence-electron chi connectivity index (χ4n) is 2.96. The van der Waals surface area contributed by atoms with Gasteiger partial charge in [0, 0.05) is 5.56 Å². The van der Waals surface area contributed by atoms with E-state index in [1.807, 2.05) is 0 Å². The van der Waals surface area contributed by atoms with Crippen molar-refractivity contribution in [2.24, 2.45) is 0 Å². The Kier molecular flexibility index (Phi) is 4.70. The number of H-pyrrole nitrogens is 1. The Morgan fingerprint density at radius 3 is 2.18 bits per heavy atom. The number of nitrogens with one attached hydrogen (secondary N) is 1. The van der Waals surface area contributed by atoms with E-state index in [-0.39, 0.29) is 11.1 Å². The highest BCUT2D eigenvalue weighted by atomic mass is 19.1. The van der Waals surface area contributed by atoms with Crippen LogP contribution in [0.2, 0.25) is 0 Å². The molecule has 1 heterocycles. The van der Waals surface area contributed by atoms with Crippen molar-refractivity contribution in [3.05, 3.63) is 75.3 Å². The molecule has 0 fully saturated rings. The SMILES string of the molecule is Cc1ccc(-c2cccc(-c3c(C(=O)O)c(N)[nH]c(=O)c3C(=O)O)c2)cc1F. The number of hydrogen-bond donors (Lipinski definition) is 4. The largest absolute Gasteiger partial charge is 0.478 e. The average molecular weight is 382 g/mol. The average Bonchev–Trinajstić information content (AvgIpc) is 2.62. The lowest BCUT2D eigenvalue weighted by atomic mass is 9.92. The minimum absolute atomic E-state index is 0.158. The van der Waals surface area contributed by atoms with E-state index in [9.17, 15) is 29.0 Å². The van der Waals surface area contributed by atoms with Gasteiger partial charge in [-0.25, -0.2) is 14.0 Å². The van der Waals surface area contributed by atoms with E-state index in [0.29, 0.717) is 16.7 Å². The number of carboxylic acid groups (broad SMARTS) is 2. The molecule has 7 nitrogen and oxygen atoms in total. The summed E-state index contributed by atoms with van der Waals surface area (Å²) in [6.45, 7) is 1.62. The Morgan fingerprint density at radius 2 is 1.57 bits per heavy atom. The van der Waals surface area contributed by atoms with Gasteiger partial charge in [0.25, 0.3) is 5.56 Å². The second-order valence-corrected chi connectivity index (χ2v) is 6.15. The maximum Gasteiger partial charge on any atom is 0.342 e. The van der Waals surface area contributed by atoms with Gasteiger partial charge < -0.3 is 20.9 Å². The molecule has 0 spiro atoms. The van der Waals surface area contributed by atoms with Gasteiger partial charge in [0.1, 0.15) is 22.8 Å². The molecular weight excluding hydrogens is 367 g/mol. The van der Waals surface area contributed by atoms with Gasteiger partial charge in [-0.1, -0.05) is 30.3 Å². The summed E-state index contributed by atoms with van der Waals surface area (Å²) in [5, 5.41) is 19.0. The molecule has 28 heavy (non-hydrogen) atoms. The molecule has 3 aromatic rings. The number of aromatic carboxylic acids is 2. The number of carboxylic acids is 2. The zero-order valence-corrected chi connectivity index (χ0v) is 14.6. The smallest absolute Gasteiger partial charge is 0.342 e. The van der Waals surface area contributed by atoms with E-state index >= 15 is 0 Å². The van der Waals surface area contributed by atoms with Crippen LogP contribution in [0.4, 0.5) is 10.2 Å². The van der Waals surface area contributed by atoms with Crippen LogP contribution in [0.15, 0.2) is 47.3 Å². The third-order valence-corrected chi connectivity index (χ3v) is 4.33. The van der Waals surface area contributed by atoms with E-state index in [2.05, 4.69) is 4.98 Å². The fraction of sp³-hybridized carbons (Fsp3) is 0.0500. The number of aromatic nitrogens is 1. The van der Waals surface area contributed by atoms with Crippen LogP contribution in [-0.2, 0) is 0 Å². The van der Waals surface area contributed by atoms with Crippen molar-refractivity contribution in [1.82, 2.24) is 4.98 Å². The van der Waals surface area contributed by atoms with Gasteiger partial charge in [0.05, 0.1) is 0 Å². The summed E-state index contributed by atoms with van der Waals surface area (Å²) in [6, 6.07) is 10.7. The molecule has 0 unspecified atom stereocenters. The number of pyridine rings is 1. The lowest BCUT2D eigenvalue weighted by Crippen LogP contribution is -2.24. The number of carbonyl (C=O) groups is 2. The number of anilines is 1. The van der Waals surface area contributed by atoms with Crippen molar-refractivity contribution in [3.8, 4) is 22.3 Å². The van der Waals surface area contributed by atoms with Crippen molar-refractivity contribution in [3.63, 3.8) is 0 Å². The molecule has 5 N–H and O–H groups in total. The van der Waals surface area contributed by atoms with Crippen molar-refractivity contribution >= 4 is 17.8 Å². The third-order valence-electron chi connectivity index (χ3n) is 4.33. The van der Waals surface area contributed by atoms with Crippen LogP contribution in [0.5, 0.6) is 0 Å². The molecule has 142 valence electrons. The fourth-order valence-corrected chi connectivity index (χ4v) is 2.96. The number of aryl methyl sites for hydroxylation is 1. The molecule has 0 saturated heterocycles. The monoisotopic (exact) mass is 382 g/mol. The van der Waals surface area contributed by atoms with Crippen LogP contribution in [-0.4, -0.2) is 27.1 Å². The zero-order chi connectivity index (χ0) is 20.6. The third kappa shape index (κ3) is 3.23. The van der Waals surface area contributed by atoms with Gasteiger partial charge in [-0.15, -0.1) is 0 Å². The highest BCUT2D eigenvalue weighted by Crippen LogP contribution is 2.32. The first-order valence-corrected chi connectivity index (χ1v) is 8.10. The maximum absolute atomic E-state index is 13.9. The van der Waals surface area contributed by atoms with E-state index in [4.69, 9.17) is 5.73 Å². The predicted molar refractivity (Wildman–Crippen MR) is 101 cm³/mol. The molecule has 0 bridgehead atoms. The van der Waals surface area contributed by atoms with E-state index in [0.717, 1.165) is 0 Å². The molecular formula is C20H15FN2O5. The molecule has 0 aliphatic rings. The summed E-state index contributed by atoms with van der Waals surface area (Å²) in [4.78, 5) is 37.5. The number of rotatable bonds is 4. The molecule has 3 rings (SSSR count). The second-order valence-electron chi connectivity index (χ2n) is 6.15. The first-order chi connectivity index (χ1) is 13.2. The summed E-state index contributed by atoms with van der Waals surface area (Å²) in [6.07, 6.45) is 0. The standard InChI is InChI=1S/C20H15FN2O5/c1-9-5-6-11(8-13(9)21)10-3-2-4-12(7-10)14-15(19(25)26)17(22)23-18(24)16(14)20(27)28/h2-8H,1H3,(H,25,26)(H,27,28)(H3,22,23,24). The molecule has 1 aromatic heterocycles. The highest BCUT2D eigenvalue weighted by Gasteiger charge is 2.26. The van der Waals surface area contributed by atoms with Crippen LogP contribution < -0.4 is 11.3 Å². The zero-order valence-electron chi connectivity index (χ0n) is 14.6. The van der Waals surface area contributed by atoms with Gasteiger partial charge in [-0.05, 0) is 41.3 Å². The number of halogens is 1. The summed E-state index contributed by atoms with van der Waals surface area (Å²) in [7, 11) is 0. The minimum Gasteiger partial charge on any atom is -0.478 e. The van der Waals surface area contributed by atoms with Crippen LogP contribution >= 0.6 is 0 Å². The van der Waals surface area contributed by atoms with Crippen LogP contribution in [0.1, 0.15) is 26.3 Å². The first-order valence-electron chi connectivity index (χ1n) is 8.10. The van der Waals surface area contributed by atoms with Gasteiger partial charge in [-0.2, -0.15) is 0 Å². The molecule has 0 aliphatic carbocycles. The minimum atomic E-state index is -1.59. The van der Waals surface area contributed by atoms with Crippen molar-refractivity contribution < 1.29 is 24.2 Å².